The smallest absolute Gasteiger partial charge is 0.409 e. The van der Waals surface area contributed by atoms with E-state index in [0.29, 0.717) is 0 Å². The summed E-state index contributed by atoms with van der Waals surface area (Å²) in [6.45, 7) is 23.6. The van der Waals surface area contributed by atoms with Gasteiger partial charge in [-0.05, 0) is 99.3 Å². The molecule has 3 aliphatic heterocycles. The molecule has 0 bridgehead atoms. The molecule has 3 fully saturated rings. The normalized spacial score (nSPS) is 26.1. The summed E-state index contributed by atoms with van der Waals surface area (Å²) in [5, 5.41) is 3.85. The van der Waals surface area contributed by atoms with Crippen molar-refractivity contribution in [2.75, 3.05) is 0 Å². The molecule has 3 aliphatic rings. The van der Waals surface area contributed by atoms with Crippen molar-refractivity contribution in [3.05, 3.63) is 121 Å². The van der Waals surface area contributed by atoms with Gasteiger partial charge in [0.2, 0.25) is 0 Å². The minimum absolute atomic E-state index is 0.962. The highest BCUT2D eigenvalue weighted by atomic mass is 28.6. The lowest BCUT2D eigenvalue weighted by Crippen LogP contribution is -2.81. The van der Waals surface area contributed by atoms with Crippen LogP contribution in [-0.4, -0.2) is 86.6 Å². The fourth-order valence-corrected chi connectivity index (χ4v) is 55.8. The maximum Gasteiger partial charge on any atom is 0.643 e. The Morgan fingerprint density at radius 2 is 0.379 bits per heavy atom. The van der Waals surface area contributed by atoms with Crippen molar-refractivity contribution in [3.8, 4) is 0 Å². The van der Waals surface area contributed by atoms with Gasteiger partial charge in [0, 0.05) is 0 Å². The minimum atomic E-state index is -4.18. The summed E-state index contributed by atoms with van der Waals surface area (Å²) in [6, 6.07) is 40.5. The zero-order valence-corrected chi connectivity index (χ0v) is 45.4. The first-order valence-corrected chi connectivity index (χ1v) is 43.3. The standard InChI is InChI=1S/C36H56O12Si10/c1-49(2)37-55(33-25-17-13-18-26-33,34-27-19-14-20-28-34)38-50(3,4)42-57(41-49)45-53(9,10)47-58(48-54(11,12)46-57)43-51(5,6)39-56(40-52(7,8)44-58,35-29-21-15-22-30-35)36-31-23-16-24-32-36/h13-32H,1-12H3. The van der Waals surface area contributed by atoms with E-state index in [1.807, 2.05) is 151 Å². The highest BCUT2D eigenvalue weighted by Crippen LogP contribution is 2.41. The van der Waals surface area contributed by atoms with Gasteiger partial charge in [-0.25, -0.2) is 0 Å². The second-order valence-corrected chi connectivity index (χ2v) is 50.7. The Bertz CT molecular complexity index is 1760. The molecule has 7 rings (SSSR count). The molecule has 312 valence electrons. The van der Waals surface area contributed by atoms with Crippen molar-refractivity contribution in [1.82, 2.24) is 0 Å². The van der Waals surface area contributed by atoms with Crippen LogP contribution >= 0.6 is 0 Å². The van der Waals surface area contributed by atoms with Crippen LogP contribution in [0.5, 0.6) is 0 Å². The van der Waals surface area contributed by atoms with Crippen LogP contribution in [-0.2, 0) is 49.4 Å². The van der Waals surface area contributed by atoms with E-state index in [1.165, 1.54) is 0 Å². The Hall–Kier alpha value is -1.43. The second-order valence-electron chi connectivity index (χ2n) is 17.3. The number of benzene rings is 4. The van der Waals surface area contributed by atoms with Crippen molar-refractivity contribution >= 4 is 107 Å². The fraction of sp³-hybridized carbons (Fsp3) is 0.333. The summed E-state index contributed by atoms with van der Waals surface area (Å²) < 4.78 is 86.7. The molecule has 0 aromatic heterocycles. The summed E-state index contributed by atoms with van der Waals surface area (Å²) in [4.78, 5) is 0. The van der Waals surface area contributed by atoms with Gasteiger partial charge >= 0.3 is 86.6 Å². The Morgan fingerprint density at radius 1 is 0.224 bits per heavy atom. The first kappa shape index (κ1) is 44.6. The summed E-state index contributed by atoms with van der Waals surface area (Å²) in [5.74, 6) is 0. The lowest BCUT2D eigenvalue weighted by atomic mass is 10.4. The lowest BCUT2D eigenvalue weighted by Gasteiger charge is -2.54. The van der Waals surface area contributed by atoms with Crippen molar-refractivity contribution in [2.24, 2.45) is 0 Å². The first-order valence-electron chi connectivity index (χ1n) is 19.5. The van der Waals surface area contributed by atoms with Gasteiger partial charge in [0.05, 0.1) is 0 Å². The lowest BCUT2D eigenvalue weighted by molar-refractivity contribution is 0.0411. The first-order chi connectivity index (χ1) is 26.9. The van der Waals surface area contributed by atoms with Gasteiger partial charge in [0.1, 0.15) is 0 Å². The molecule has 0 saturated carbocycles. The molecule has 0 radical (unpaired) electrons. The van der Waals surface area contributed by atoms with E-state index in [1.54, 1.807) is 0 Å². The molecule has 3 saturated heterocycles. The predicted molar refractivity (Wildman–Crippen MR) is 245 cm³/mol. The molecule has 0 N–H and O–H groups in total. The zero-order chi connectivity index (χ0) is 41.9. The topological polar surface area (TPSA) is 111 Å². The molecule has 0 aliphatic carbocycles. The van der Waals surface area contributed by atoms with Gasteiger partial charge in [-0.1, -0.05) is 121 Å². The minimum Gasteiger partial charge on any atom is -0.409 e. The Balaban J connectivity index is 1.26. The van der Waals surface area contributed by atoms with Gasteiger partial charge in [-0.15, -0.1) is 0 Å². The molecule has 4 aromatic rings. The van der Waals surface area contributed by atoms with Gasteiger partial charge in [0.25, 0.3) is 0 Å². The molecule has 58 heavy (non-hydrogen) atoms. The molecular weight excluding hydrogens is 905 g/mol. The Kier molecular flexibility index (Phi) is 12.1. The molecule has 0 atom stereocenters. The van der Waals surface area contributed by atoms with Crippen molar-refractivity contribution in [2.45, 2.75) is 78.6 Å². The monoisotopic (exact) mass is 960 g/mol. The molecule has 4 aromatic carbocycles. The van der Waals surface area contributed by atoms with Gasteiger partial charge < -0.3 is 49.4 Å². The van der Waals surface area contributed by atoms with Crippen LogP contribution in [0.2, 0.25) is 78.6 Å². The summed E-state index contributed by atoms with van der Waals surface area (Å²) >= 11 is 0. The van der Waals surface area contributed by atoms with Gasteiger partial charge in [-0.2, -0.15) is 0 Å². The van der Waals surface area contributed by atoms with Crippen molar-refractivity contribution < 1.29 is 49.4 Å². The van der Waals surface area contributed by atoms with E-state index in [4.69, 9.17) is 49.4 Å². The number of hydrogen-bond acceptors (Lipinski definition) is 12. The predicted octanol–water partition coefficient (Wildman–Crippen LogP) is 5.82. The summed E-state index contributed by atoms with van der Waals surface area (Å²) in [7, 11) is -35.0. The maximum atomic E-state index is 7.35. The van der Waals surface area contributed by atoms with Crippen LogP contribution < -0.4 is 20.7 Å². The Morgan fingerprint density at radius 3 is 0.552 bits per heavy atom. The number of hydrogen-bond donors (Lipinski definition) is 0. The summed E-state index contributed by atoms with van der Waals surface area (Å²) in [5.41, 5.74) is 0. The third-order valence-corrected chi connectivity index (χ3v) is 49.7. The fourth-order valence-electron chi connectivity index (χ4n) is 7.64. The van der Waals surface area contributed by atoms with Crippen LogP contribution in [0.3, 0.4) is 0 Å². The summed E-state index contributed by atoms with van der Waals surface area (Å²) in [6.07, 6.45) is 0. The quantitative estimate of drug-likeness (QED) is 0.230. The molecule has 22 heteroatoms. The highest BCUT2D eigenvalue weighted by molar-refractivity contribution is 7.06. The van der Waals surface area contributed by atoms with Crippen molar-refractivity contribution in [3.63, 3.8) is 0 Å². The molecular formula is C36H56O12Si10. The molecule has 2 spiro atoms. The van der Waals surface area contributed by atoms with Crippen LogP contribution in [0.1, 0.15) is 0 Å². The van der Waals surface area contributed by atoms with Crippen LogP contribution in [0.4, 0.5) is 0 Å². The third-order valence-electron chi connectivity index (χ3n) is 9.14. The zero-order valence-electron chi connectivity index (χ0n) is 35.4. The molecule has 3 heterocycles. The van der Waals surface area contributed by atoms with E-state index in [-0.39, 0.29) is 0 Å². The highest BCUT2D eigenvalue weighted by Gasteiger charge is 2.72. The van der Waals surface area contributed by atoms with E-state index >= 15 is 0 Å². The van der Waals surface area contributed by atoms with E-state index < -0.39 is 86.6 Å². The molecule has 12 nitrogen and oxygen atoms in total. The molecule has 0 unspecified atom stereocenters. The van der Waals surface area contributed by atoms with Crippen LogP contribution in [0.15, 0.2) is 121 Å². The van der Waals surface area contributed by atoms with Gasteiger partial charge in [-0.3, -0.25) is 0 Å². The maximum absolute atomic E-state index is 7.35. The largest absolute Gasteiger partial charge is 0.643 e. The average Bonchev–Trinajstić information content (AvgIpc) is 3.08. The third kappa shape index (κ3) is 9.77. The van der Waals surface area contributed by atoms with E-state index in [2.05, 4.69) is 48.5 Å². The Labute approximate surface area is 354 Å². The van der Waals surface area contributed by atoms with E-state index in [9.17, 15) is 0 Å². The van der Waals surface area contributed by atoms with E-state index in [0.717, 1.165) is 20.7 Å². The molecule has 0 amide bonds. The SMILES string of the molecule is C[Si]1(C)O[Si]2(O[Si](C)(C)O[Si]3(O1)O[Si](C)(C)O[Si](c1ccccc1)(c1ccccc1)O[Si](C)(C)O3)O[Si](C)(C)O[Si](c1ccccc1)(c1ccccc1)O[Si](C)(C)O2. The van der Waals surface area contributed by atoms with Crippen LogP contribution in [0.25, 0.3) is 0 Å². The second kappa shape index (κ2) is 15.7. The number of rotatable bonds is 4. The van der Waals surface area contributed by atoms with Gasteiger partial charge in [0.15, 0.2) is 0 Å². The van der Waals surface area contributed by atoms with Crippen molar-refractivity contribution in [1.29, 1.82) is 0 Å². The van der Waals surface area contributed by atoms with Crippen LogP contribution in [0, 0.1) is 0 Å². The average molecular weight is 962 g/mol.